The summed E-state index contributed by atoms with van der Waals surface area (Å²) in [7, 11) is 1.56. The van der Waals surface area contributed by atoms with Crippen molar-refractivity contribution in [3.63, 3.8) is 0 Å². The Morgan fingerprint density at radius 3 is 2.42 bits per heavy atom. The molecule has 4 rings (SSSR count). The Labute approximate surface area is 223 Å². The molecule has 2 aromatic carbocycles. The number of aliphatic hydroxyl groups is 1. The summed E-state index contributed by atoms with van der Waals surface area (Å²) < 4.78 is 38.2. The number of sulfonamides is 1. The fourth-order valence-corrected chi connectivity index (χ4v) is 6.15. The molecule has 204 valence electrons. The van der Waals surface area contributed by atoms with Crippen LogP contribution in [0.25, 0.3) is 5.76 Å². The highest BCUT2D eigenvalue weighted by atomic mass is 32.2. The van der Waals surface area contributed by atoms with Crippen molar-refractivity contribution in [1.29, 1.82) is 0 Å². The fourth-order valence-electron chi connectivity index (χ4n) is 4.70. The molecule has 1 atom stereocenters. The molecule has 38 heavy (non-hydrogen) atoms. The van der Waals surface area contributed by atoms with Crippen molar-refractivity contribution in [1.82, 2.24) is 14.1 Å². The number of benzene rings is 2. The zero-order chi connectivity index (χ0) is 27.4. The van der Waals surface area contributed by atoms with Crippen LogP contribution in [0.1, 0.15) is 23.6 Å². The van der Waals surface area contributed by atoms with Crippen molar-refractivity contribution in [3.05, 3.63) is 65.2 Å². The number of morpholine rings is 1. The van der Waals surface area contributed by atoms with Gasteiger partial charge in [0.15, 0.2) is 0 Å². The SMILES string of the molecule is COc1ccc([C@@H]2C(=C(O)c3cccc(S(=O)(=O)N4CCOCC4)c3)C(=O)C(=O)N2CCCN(C)C)cc1. The first kappa shape index (κ1) is 27.8. The van der Waals surface area contributed by atoms with Crippen molar-refractivity contribution in [2.75, 3.05) is 60.6 Å². The van der Waals surface area contributed by atoms with Gasteiger partial charge in [-0.25, -0.2) is 8.42 Å². The molecule has 1 amide bonds. The fraction of sp³-hybridized carbons (Fsp3) is 0.407. The smallest absolute Gasteiger partial charge is 0.295 e. The molecule has 0 saturated carbocycles. The molecule has 1 N–H and O–H groups in total. The zero-order valence-corrected chi connectivity index (χ0v) is 22.6. The van der Waals surface area contributed by atoms with Gasteiger partial charge < -0.3 is 24.4 Å². The molecule has 2 aliphatic heterocycles. The van der Waals surface area contributed by atoms with E-state index < -0.39 is 33.5 Å². The van der Waals surface area contributed by atoms with Crippen LogP contribution in [-0.2, 0) is 24.3 Å². The lowest BCUT2D eigenvalue weighted by molar-refractivity contribution is -0.139. The Bertz CT molecular complexity index is 1320. The summed E-state index contributed by atoms with van der Waals surface area (Å²) in [4.78, 5) is 29.9. The van der Waals surface area contributed by atoms with Gasteiger partial charge in [-0.15, -0.1) is 0 Å². The molecule has 0 spiro atoms. The Kier molecular flexibility index (Phi) is 8.51. The van der Waals surface area contributed by atoms with E-state index in [1.54, 1.807) is 31.4 Å². The van der Waals surface area contributed by atoms with E-state index in [0.29, 0.717) is 44.0 Å². The minimum Gasteiger partial charge on any atom is -0.507 e. The predicted molar refractivity (Wildman–Crippen MR) is 141 cm³/mol. The van der Waals surface area contributed by atoms with Crippen molar-refractivity contribution >= 4 is 27.5 Å². The molecule has 2 fully saturated rings. The predicted octanol–water partition coefficient (Wildman–Crippen LogP) is 2.09. The lowest BCUT2D eigenvalue weighted by Gasteiger charge is -2.26. The number of carbonyl (C=O) groups excluding carboxylic acids is 2. The maximum atomic E-state index is 13.3. The standard InChI is InChI=1S/C27H33N3O7S/c1-28(2)12-5-13-30-24(19-8-10-21(36-3)11-9-19)23(26(32)27(30)33)25(31)20-6-4-7-22(18-20)38(34,35)29-14-16-37-17-15-29/h4,6-11,18,24,31H,5,12-17H2,1-3H3/t24-/m1/s1. The lowest BCUT2D eigenvalue weighted by Crippen LogP contribution is -2.40. The normalized spacial score (nSPS) is 20.3. The second-order valence-electron chi connectivity index (χ2n) is 9.47. The van der Waals surface area contributed by atoms with Crippen LogP contribution in [0.3, 0.4) is 0 Å². The highest BCUT2D eigenvalue weighted by molar-refractivity contribution is 7.89. The van der Waals surface area contributed by atoms with Crippen LogP contribution in [0.15, 0.2) is 59.0 Å². The molecule has 0 unspecified atom stereocenters. The zero-order valence-electron chi connectivity index (χ0n) is 21.8. The topological polar surface area (TPSA) is 117 Å². The second kappa shape index (κ2) is 11.6. The Morgan fingerprint density at radius 2 is 1.79 bits per heavy atom. The number of nitrogens with zero attached hydrogens (tertiary/aromatic N) is 3. The minimum atomic E-state index is -3.83. The van der Waals surface area contributed by atoms with Crippen molar-refractivity contribution in [2.24, 2.45) is 0 Å². The molecule has 11 heteroatoms. The van der Waals surface area contributed by atoms with E-state index >= 15 is 0 Å². The Hall–Kier alpha value is -3.25. The number of amides is 1. The Morgan fingerprint density at radius 1 is 1.11 bits per heavy atom. The average molecular weight is 544 g/mol. The van der Waals surface area contributed by atoms with E-state index in [-0.39, 0.29) is 29.1 Å². The van der Waals surface area contributed by atoms with Crippen LogP contribution in [-0.4, -0.2) is 99.9 Å². The van der Waals surface area contributed by atoms with Gasteiger partial charge in [-0.1, -0.05) is 24.3 Å². The quantitative estimate of drug-likeness (QED) is 0.290. The van der Waals surface area contributed by atoms with E-state index in [0.717, 1.165) is 0 Å². The molecular weight excluding hydrogens is 510 g/mol. The second-order valence-corrected chi connectivity index (χ2v) is 11.4. The first-order valence-corrected chi connectivity index (χ1v) is 13.8. The van der Waals surface area contributed by atoms with Crippen LogP contribution in [0.2, 0.25) is 0 Å². The lowest BCUT2D eigenvalue weighted by atomic mass is 9.95. The van der Waals surface area contributed by atoms with E-state index in [1.165, 1.54) is 33.5 Å². The maximum Gasteiger partial charge on any atom is 0.295 e. The van der Waals surface area contributed by atoms with Gasteiger partial charge in [-0.3, -0.25) is 9.59 Å². The van der Waals surface area contributed by atoms with Crippen LogP contribution in [0.5, 0.6) is 5.75 Å². The summed E-state index contributed by atoms with van der Waals surface area (Å²) in [5, 5.41) is 11.4. The molecule has 0 aliphatic carbocycles. The number of likely N-dealkylation sites (tertiary alicyclic amines) is 1. The van der Waals surface area contributed by atoms with E-state index in [2.05, 4.69) is 0 Å². The van der Waals surface area contributed by atoms with Crippen LogP contribution in [0, 0.1) is 0 Å². The van der Waals surface area contributed by atoms with Crippen molar-refractivity contribution in [2.45, 2.75) is 17.4 Å². The number of aliphatic hydroxyl groups excluding tert-OH is 1. The third-order valence-corrected chi connectivity index (χ3v) is 8.59. The van der Waals surface area contributed by atoms with E-state index in [1.807, 2.05) is 19.0 Å². The summed E-state index contributed by atoms with van der Waals surface area (Å²) in [6.07, 6.45) is 0.625. The van der Waals surface area contributed by atoms with Crippen LogP contribution >= 0.6 is 0 Å². The highest BCUT2D eigenvalue weighted by Gasteiger charge is 2.46. The highest BCUT2D eigenvalue weighted by Crippen LogP contribution is 2.40. The Balaban J connectivity index is 1.77. The molecule has 2 aliphatic rings. The summed E-state index contributed by atoms with van der Waals surface area (Å²) in [6, 6.07) is 11.9. The average Bonchev–Trinajstić information content (AvgIpc) is 3.18. The van der Waals surface area contributed by atoms with Gasteiger partial charge in [-0.2, -0.15) is 4.31 Å². The number of hydrogen-bond donors (Lipinski definition) is 1. The van der Waals surface area contributed by atoms with Crippen LogP contribution < -0.4 is 4.74 Å². The van der Waals surface area contributed by atoms with Gasteiger partial charge in [0.25, 0.3) is 11.7 Å². The van der Waals surface area contributed by atoms with E-state index in [4.69, 9.17) is 9.47 Å². The molecule has 0 aromatic heterocycles. The monoisotopic (exact) mass is 543 g/mol. The summed E-state index contributed by atoms with van der Waals surface area (Å²) in [5.74, 6) is -1.32. The van der Waals surface area contributed by atoms with Crippen molar-refractivity contribution < 1.29 is 32.6 Å². The maximum absolute atomic E-state index is 13.3. The van der Waals surface area contributed by atoms with Crippen molar-refractivity contribution in [3.8, 4) is 5.75 Å². The molecule has 10 nitrogen and oxygen atoms in total. The summed E-state index contributed by atoms with van der Waals surface area (Å²) in [6.45, 7) is 2.08. The number of carbonyl (C=O) groups is 2. The number of hydrogen-bond acceptors (Lipinski definition) is 8. The van der Waals surface area contributed by atoms with Gasteiger partial charge in [0.1, 0.15) is 11.5 Å². The van der Waals surface area contributed by atoms with Gasteiger partial charge in [-0.05, 0) is 56.9 Å². The van der Waals surface area contributed by atoms with E-state index in [9.17, 15) is 23.1 Å². The number of ether oxygens (including phenoxy) is 2. The first-order chi connectivity index (χ1) is 18.1. The summed E-state index contributed by atoms with van der Waals surface area (Å²) in [5.41, 5.74) is 0.698. The molecular formula is C27H33N3O7S. The summed E-state index contributed by atoms with van der Waals surface area (Å²) >= 11 is 0. The molecule has 2 aromatic rings. The van der Waals surface area contributed by atoms with Gasteiger partial charge in [0, 0.05) is 25.2 Å². The number of rotatable bonds is 9. The number of Topliss-reactive ketones (excluding diaryl/α,β-unsaturated/α-hetero) is 1. The number of methoxy groups -OCH3 is 1. The van der Waals surface area contributed by atoms with Gasteiger partial charge in [0.05, 0.1) is 36.8 Å². The van der Waals surface area contributed by atoms with Gasteiger partial charge >= 0.3 is 0 Å². The molecule has 0 radical (unpaired) electrons. The largest absolute Gasteiger partial charge is 0.507 e. The third kappa shape index (κ3) is 5.60. The third-order valence-electron chi connectivity index (χ3n) is 6.69. The van der Waals surface area contributed by atoms with Gasteiger partial charge in [0.2, 0.25) is 10.0 Å². The minimum absolute atomic E-state index is 0.00957. The number of ketones is 1. The molecule has 2 heterocycles. The first-order valence-electron chi connectivity index (χ1n) is 12.4. The van der Waals surface area contributed by atoms with Crippen LogP contribution in [0.4, 0.5) is 0 Å². The molecule has 2 saturated heterocycles. The molecule has 0 bridgehead atoms.